The lowest BCUT2D eigenvalue weighted by molar-refractivity contribution is -0.140. The van der Waals surface area contributed by atoms with Crippen LogP contribution in [0, 0.1) is 5.92 Å². The number of amides is 2. The summed E-state index contributed by atoms with van der Waals surface area (Å²) in [5.41, 5.74) is 0. The highest BCUT2D eigenvalue weighted by Gasteiger charge is 2.34. The number of carbonyl (C=O) groups excluding carboxylic acids is 2. The predicted molar refractivity (Wildman–Crippen MR) is 64.4 cm³/mol. The molecule has 2 saturated heterocycles. The van der Waals surface area contributed by atoms with Crippen LogP contribution in [0.15, 0.2) is 0 Å². The second kappa shape index (κ2) is 5.04. The summed E-state index contributed by atoms with van der Waals surface area (Å²) in [4.78, 5) is 27.5. The summed E-state index contributed by atoms with van der Waals surface area (Å²) in [5.74, 6) is 0.242. The molecule has 0 radical (unpaired) electrons. The molecule has 5 nitrogen and oxygen atoms in total. The van der Waals surface area contributed by atoms with Gasteiger partial charge in [0.15, 0.2) is 0 Å². The second-order valence-corrected chi connectivity index (χ2v) is 5.07. The summed E-state index contributed by atoms with van der Waals surface area (Å²) >= 11 is 0. The SMILES string of the molecule is CC1NCCC1C(=O)N1CCCN(C)C(=O)C1. The minimum absolute atomic E-state index is 0.0474. The Morgan fingerprint density at radius 2 is 2.18 bits per heavy atom. The zero-order valence-corrected chi connectivity index (χ0v) is 10.6. The van der Waals surface area contributed by atoms with E-state index >= 15 is 0 Å². The Kier molecular flexibility index (Phi) is 3.66. The molecule has 5 heteroatoms. The van der Waals surface area contributed by atoms with Crippen LogP contribution in [-0.2, 0) is 9.59 Å². The van der Waals surface area contributed by atoms with Gasteiger partial charge in [-0.15, -0.1) is 0 Å². The smallest absolute Gasteiger partial charge is 0.241 e. The normalized spacial score (nSPS) is 30.6. The topological polar surface area (TPSA) is 52.7 Å². The highest BCUT2D eigenvalue weighted by molar-refractivity contribution is 5.86. The van der Waals surface area contributed by atoms with E-state index in [1.54, 1.807) is 16.8 Å². The maximum atomic E-state index is 12.3. The molecule has 17 heavy (non-hydrogen) atoms. The number of nitrogens with zero attached hydrogens (tertiary/aromatic N) is 2. The van der Waals surface area contributed by atoms with Crippen molar-refractivity contribution in [2.75, 3.05) is 33.2 Å². The van der Waals surface area contributed by atoms with Crippen LogP contribution < -0.4 is 5.32 Å². The first-order valence-corrected chi connectivity index (χ1v) is 6.35. The largest absolute Gasteiger partial charge is 0.344 e. The summed E-state index contributed by atoms with van der Waals surface area (Å²) in [6.45, 7) is 4.65. The quantitative estimate of drug-likeness (QED) is 0.682. The first-order valence-electron chi connectivity index (χ1n) is 6.35. The fourth-order valence-corrected chi connectivity index (χ4v) is 2.61. The molecule has 0 aromatic carbocycles. The molecule has 2 aliphatic heterocycles. The van der Waals surface area contributed by atoms with Gasteiger partial charge in [0, 0.05) is 26.2 Å². The van der Waals surface area contributed by atoms with Gasteiger partial charge in [-0.2, -0.15) is 0 Å². The van der Waals surface area contributed by atoms with Gasteiger partial charge < -0.3 is 15.1 Å². The number of likely N-dealkylation sites (N-methyl/N-ethyl adjacent to an activating group) is 1. The number of hydrogen-bond acceptors (Lipinski definition) is 3. The Labute approximate surface area is 102 Å². The maximum absolute atomic E-state index is 12.3. The molecule has 2 amide bonds. The van der Waals surface area contributed by atoms with Gasteiger partial charge in [-0.3, -0.25) is 9.59 Å². The molecule has 2 heterocycles. The lowest BCUT2D eigenvalue weighted by atomic mass is 10.0. The minimum atomic E-state index is 0.0474. The van der Waals surface area contributed by atoms with Gasteiger partial charge in [0.1, 0.15) is 0 Å². The second-order valence-electron chi connectivity index (χ2n) is 5.07. The Morgan fingerprint density at radius 3 is 2.82 bits per heavy atom. The van der Waals surface area contributed by atoms with Crippen LogP contribution >= 0.6 is 0 Å². The summed E-state index contributed by atoms with van der Waals surface area (Å²) in [5, 5.41) is 3.28. The summed E-state index contributed by atoms with van der Waals surface area (Å²) in [6, 6.07) is 0.235. The van der Waals surface area contributed by atoms with Gasteiger partial charge >= 0.3 is 0 Å². The molecule has 0 spiro atoms. The molecule has 0 bridgehead atoms. The van der Waals surface area contributed by atoms with Crippen molar-refractivity contribution in [2.24, 2.45) is 5.92 Å². The maximum Gasteiger partial charge on any atom is 0.241 e. The van der Waals surface area contributed by atoms with Crippen LogP contribution in [0.25, 0.3) is 0 Å². The summed E-state index contributed by atoms with van der Waals surface area (Å²) < 4.78 is 0. The van der Waals surface area contributed by atoms with Crippen molar-refractivity contribution in [2.45, 2.75) is 25.8 Å². The number of carbonyl (C=O) groups is 2. The third-order valence-corrected chi connectivity index (χ3v) is 3.83. The van der Waals surface area contributed by atoms with Gasteiger partial charge in [0.05, 0.1) is 12.5 Å². The van der Waals surface area contributed by atoms with E-state index in [4.69, 9.17) is 0 Å². The Morgan fingerprint density at radius 1 is 1.41 bits per heavy atom. The van der Waals surface area contributed by atoms with Crippen LogP contribution in [0.3, 0.4) is 0 Å². The minimum Gasteiger partial charge on any atom is -0.344 e. The molecule has 2 unspecified atom stereocenters. The van der Waals surface area contributed by atoms with Crippen molar-refractivity contribution in [1.29, 1.82) is 0 Å². The van der Waals surface area contributed by atoms with Crippen molar-refractivity contribution < 1.29 is 9.59 Å². The average Bonchev–Trinajstić information content (AvgIpc) is 2.65. The van der Waals surface area contributed by atoms with Crippen molar-refractivity contribution in [1.82, 2.24) is 15.1 Å². The van der Waals surface area contributed by atoms with Crippen LogP contribution in [0.4, 0.5) is 0 Å². The Hall–Kier alpha value is -1.10. The molecule has 2 atom stereocenters. The van der Waals surface area contributed by atoms with E-state index in [9.17, 15) is 9.59 Å². The van der Waals surface area contributed by atoms with Gasteiger partial charge in [-0.1, -0.05) is 0 Å². The van der Waals surface area contributed by atoms with E-state index in [-0.39, 0.29) is 30.3 Å². The third kappa shape index (κ3) is 2.60. The average molecular weight is 239 g/mol. The highest BCUT2D eigenvalue weighted by atomic mass is 16.2. The van der Waals surface area contributed by atoms with E-state index in [2.05, 4.69) is 5.32 Å². The summed E-state index contributed by atoms with van der Waals surface area (Å²) in [6.07, 6.45) is 1.77. The van der Waals surface area contributed by atoms with Crippen LogP contribution in [0.5, 0.6) is 0 Å². The zero-order valence-electron chi connectivity index (χ0n) is 10.6. The molecule has 0 aromatic rings. The van der Waals surface area contributed by atoms with Crippen LogP contribution in [-0.4, -0.2) is 60.9 Å². The molecule has 2 aliphatic rings. The molecule has 2 rings (SSSR count). The molecular formula is C12H21N3O2. The van der Waals surface area contributed by atoms with Gasteiger partial charge in [0.2, 0.25) is 11.8 Å². The van der Waals surface area contributed by atoms with E-state index in [1.165, 1.54) is 0 Å². The molecular weight excluding hydrogens is 218 g/mol. The first-order chi connectivity index (χ1) is 8.09. The lowest BCUT2D eigenvalue weighted by Gasteiger charge is -2.25. The first kappa shape index (κ1) is 12.4. The highest BCUT2D eigenvalue weighted by Crippen LogP contribution is 2.19. The predicted octanol–water partition coefficient (Wildman–Crippen LogP) is -0.325. The fourth-order valence-electron chi connectivity index (χ4n) is 2.61. The Balaban J connectivity index is 2.01. The molecule has 1 N–H and O–H groups in total. The number of nitrogens with one attached hydrogen (secondary N) is 1. The lowest BCUT2D eigenvalue weighted by Crippen LogP contribution is -2.43. The van der Waals surface area contributed by atoms with Crippen LogP contribution in [0.2, 0.25) is 0 Å². The monoisotopic (exact) mass is 239 g/mol. The molecule has 96 valence electrons. The third-order valence-electron chi connectivity index (χ3n) is 3.83. The number of rotatable bonds is 1. The van der Waals surface area contributed by atoms with E-state index in [0.29, 0.717) is 6.54 Å². The van der Waals surface area contributed by atoms with Gasteiger partial charge in [-0.25, -0.2) is 0 Å². The van der Waals surface area contributed by atoms with Crippen LogP contribution in [0.1, 0.15) is 19.8 Å². The van der Waals surface area contributed by atoms with Gasteiger partial charge in [-0.05, 0) is 26.3 Å². The van der Waals surface area contributed by atoms with E-state index in [0.717, 1.165) is 25.9 Å². The van der Waals surface area contributed by atoms with Crippen molar-refractivity contribution in [3.63, 3.8) is 0 Å². The molecule has 0 aliphatic carbocycles. The standard InChI is InChI=1S/C12H21N3O2/c1-9-10(4-5-13-9)12(17)15-7-3-6-14(2)11(16)8-15/h9-10,13H,3-8H2,1-2H3. The molecule has 0 aromatic heterocycles. The van der Waals surface area contributed by atoms with E-state index in [1.807, 2.05) is 6.92 Å². The zero-order chi connectivity index (χ0) is 12.4. The Bertz CT molecular complexity index is 319. The summed E-state index contributed by atoms with van der Waals surface area (Å²) in [7, 11) is 1.80. The fraction of sp³-hybridized carbons (Fsp3) is 0.833. The molecule has 0 saturated carbocycles. The van der Waals surface area contributed by atoms with Gasteiger partial charge in [0.25, 0.3) is 0 Å². The van der Waals surface area contributed by atoms with Crippen molar-refractivity contribution in [3.05, 3.63) is 0 Å². The number of hydrogen-bond donors (Lipinski definition) is 1. The van der Waals surface area contributed by atoms with E-state index < -0.39 is 0 Å². The van der Waals surface area contributed by atoms with Crippen molar-refractivity contribution in [3.8, 4) is 0 Å². The molecule has 2 fully saturated rings. The van der Waals surface area contributed by atoms with Crippen molar-refractivity contribution >= 4 is 11.8 Å².